The molecule has 3 aromatic rings. The normalized spacial score (nSPS) is 11.0. The van der Waals surface area contributed by atoms with Crippen LogP contribution in [0.3, 0.4) is 0 Å². The minimum Gasteiger partial charge on any atom is -0.384 e. The van der Waals surface area contributed by atoms with Gasteiger partial charge in [-0.05, 0) is 61.1 Å². The van der Waals surface area contributed by atoms with Crippen molar-refractivity contribution in [1.29, 1.82) is 5.26 Å². The molecule has 2 N–H and O–H groups in total. The number of nitrogens with zero attached hydrogens (tertiary/aromatic N) is 3. The fourth-order valence-electron chi connectivity index (χ4n) is 3.96. The molecule has 2 aromatic carbocycles. The molecule has 0 aliphatic carbocycles. The third-order valence-corrected chi connectivity index (χ3v) is 6.04. The second kappa shape index (κ2) is 15.9. The summed E-state index contributed by atoms with van der Waals surface area (Å²) in [5.74, 6) is 0.729. The summed E-state index contributed by atoms with van der Waals surface area (Å²) in [5.41, 5.74) is 4.55. The van der Waals surface area contributed by atoms with Gasteiger partial charge in [-0.15, -0.1) is 0 Å². The van der Waals surface area contributed by atoms with Crippen LogP contribution in [0.4, 0.5) is 16.3 Å². The lowest BCUT2D eigenvalue weighted by Gasteiger charge is -2.27. The monoisotopic (exact) mass is 511 g/mol. The molecule has 0 bridgehead atoms. The van der Waals surface area contributed by atoms with E-state index in [1.165, 1.54) is 5.56 Å². The minimum absolute atomic E-state index is 0.150. The van der Waals surface area contributed by atoms with E-state index in [-0.39, 0.29) is 6.03 Å². The Bertz CT molecular complexity index is 1190. The lowest BCUT2D eigenvalue weighted by Crippen LogP contribution is -2.39. The average molecular weight is 512 g/mol. The van der Waals surface area contributed by atoms with Crippen LogP contribution < -0.4 is 15.5 Å². The number of nitriles is 1. The van der Waals surface area contributed by atoms with Gasteiger partial charge < -0.3 is 15.4 Å². The number of nitrogens with one attached hydrogen (secondary N) is 2. The molecule has 1 heterocycles. The topological polar surface area (TPSA) is 90.3 Å². The van der Waals surface area contributed by atoms with Crippen molar-refractivity contribution in [3.63, 3.8) is 0 Å². The van der Waals surface area contributed by atoms with Crippen LogP contribution >= 0.6 is 0 Å². The largest absolute Gasteiger partial charge is 0.384 e. The predicted octanol–water partition coefficient (Wildman–Crippen LogP) is 6.43. The smallest absolute Gasteiger partial charge is 0.326 e. The Hall–Kier alpha value is -4.15. The zero-order valence-electron chi connectivity index (χ0n) is 22.3. The first kappa shape index (κ1) is 28.4. The molecule has 198 valence electrons. The van der Waals surface area contributed by atoms with Crippen LogP contribution in [0.25, 0.3) is 0 Å². The molecule has 38 heavy (non-hydrogen) atoms. The highest BCUT2D eigenvalue weighted by Gasteiger charge is 2.20. The number of hydrogen-bond donors (Lipinski definition) is 2. The number of anilines is 2. The first-order valence-corrected chi connectivity index (χ1v) is 13.1. The van der Waals surface area contributed by atoms with Gasteiger partial charge in [0.25, 0.3) is 0 Å². The van der Waals surface area contributed by atoms with Gasteiger partial charge in [0.05, 0.1) is 17.9 Å². The van der Waals surface area contributed by atoms with Crippen LogP contribution in [-0.4, -0.2) is 31.3 Å². The Morgan fingerprint density at radius 1 is 1.08 bits per heavy atom. The summed E-state index contributed by atoms with van der Waals surface area (Å²) in [6.45, 7) is 3.94. The molecule has 0 unspecified atom stereocenters. The third-order valence-electron chi connectivity index (χ3n) is 6.04. The lowest BCUT2D eigenvalue weighted by atomic mass is 10.1. The molecule has 0 spiro atoms. The number of carbonyl (C=O) groups excluding carboxylic acids is 1. The highest BCUT2D eigenvalue weighted by atomic mass is 16.5. The van der Waals surface area contributed by atoms with E-state index >= 15 is 0 Å². The number of aromatic nitrogens is 1. The maximum atomic E-state index is 13.6. The standard InChI is InChI=1S/C31H37N5O2/c1-3-4-11-28(12-8-20-33-30-18-15-27(22-32)24-34-30)36(29-16-13-25(14-17-29)19-21-38-2)31(37)35-23-26-9-6-5-7-10-26/h5-7,9-11,13-18,24H,3-4,8,12,19-21,23H2,1-2H3,(H,33,34)(H,35,37)/b28-11+. The number of benzene rings is 2. The fourth-order valence-corrected chi connectivity index (χ4v) is 3.96. The van der Waals surface area contributed by atoms with Gasteiger partial charge >= 0.3 is 6.03 Å². The highest BCUT2D eigenvalue weighted by Crippen LogP contribution is 2.24. The second-order valence-corrected chi connectivity index (χ2v) is 8.95. The number of methoxy groups -OCH3 is 1. The Morgan fingerprint density at radius 2 is 1.87 bits per heavy atom. The molecule has 3 rings (SSSR count). The van der Waals surface area contributed by atoms with Crippen molar-refractivity contribution in [2.24, 2.45) is 0 Å². The summed E-state index contributed by atoms with van der Waals surface area (Å²) in [5, 5.41) is 15.4. The van der Waals surface area contributed by atoms with Gasteiger partial charge in [0.2, 0.25) is 0 Å². The molecule has 0 aliphatic heterocycles. The summed E-state index contributed by atoms with van der Waals surface area (Å²) in [4.78, 5) is 19.7. The van der Waals surface area contributed by atoms with Crippen LogP contribution in [0, 0.1) is 11.3 Å². The molecule has 1 aromatic heterocycles. The van der Waals surface area contributed by atoms with Crippen LogP contribution in [0.1, 0.15) is 49.3 Å². The number of amides is 2. The van der Waals surface area contributed by atoms with Gasteiger partial charge in [0.1, 0.15) is 11.9 Å². The molecular weight excluding hydrogens is 474 g/mol. The number of rotatable bonds is 14. The van der Waals surface area contributed by atoms with Crippen molar-refractivity contribution in [3.8, 4) is 6.07 Å². The number of hydrogen-bond acceptors (Lipinski definition) is 5. The number of allylic oxidation sites excluding steroid dienone is 2. The molecule has 0 fully saturated rings. The maximum absolute atomic E-state index is 13.6. The highest BCUT2D eigenvalue weighted by molar-refractivity contribution is 5.95. The van der Waals surface area contributed by atoms with Crippen LogP contribution in [0.2, 0.25) is 0 Å². The van der Waals surface area contributed by atoms with Crippen molar-refractivity contribution < 1.29 is 9.53 Å². The Morgan fingerprint density at radius 3 is 2.53 bits per heavy atom. The number of unbranched alkanes of at least 4 members (excludes halogenated alkanes) is 1. The van der Waals surface area contributed by atoms with Crippen molar-refractivity contribution >= 4 is 17.5 Å². The third kappa shape index (κ3) is 9.06. The van der Waals surface area contributed by atoms with Crippen molar-refractivity contribution in [2.75, 3.05) is 30.5 Å². The molecule has 0 saturated heterocycles. The van der Waals surface area contributed by atoms with Crippen molar-refractivity contribution in [1.82, 2.24) is 10.3 Å². The lowest BCUT2D eigenvalue weighted by molar-refractivity contribution is 0.202. The molecule has 7 heteroatoms. The average Bonchev–Trinajstić information content (AvgIpc) is 2.97. The maximum Gasteiger partial charge on any atom is 0.326 e. The van der Waals surface area contributed by atoms with Crippen molar-refractivity contribution in [2.45, 2.75) is 45.6 Å². The van der Waals surface area contributed by atoms with Gasteiger partial charge in [0.15, 0.2) is 0 Å². The first-order chi connectivity index (χ1) is 18.6. The summed E-state index contributed by atoms with van der Waals surface area (Å²) in [6, 6.07) is 23.5. The number of urea groups is 1. The second-order valence-electron chi connectivity index (χ2n) is 8.95. The summed E-state index contributed by atoms with van der Waals surface area (Å²) < 4.78 is 5.21. The first-order valence-electron chi connectivity index (χ1n) is 13.1. The molecule has 0 radical (unpaired) electrons. The van der Waals surface area contributed by atoms with E-state index in [4.69, 9.17) is 10.00 Å². The molecule has 0 saturated carbocycles. The predicted molar refractivity (Wildman–Crippen MR) is 153 cm³/mol. The minimum atomic E-state index is -0.150. The molecular formula is C31H37N5O2. The van der Waals surface area contributed by atoms with E-state index in [0.717, 1.165) is 48.4 Å². The zero-order chi connectivity index (χ0) is 27.0. The van der Waals surface area contributed by atoms with Crippen LogP contribution in [-0.2, 0) is 17.7 Å². The number of ether oxygens (including phenoxy) is 1. The summed E-state index contributed by atoms with van der Waals surface area (Å²) >= 11 is 0. The Kier molecular flexibility index (Phi) is 11.9. The van der Waals surface area contributed by atoms with E-state index in [2.05, 4.69) is 46.8 Å². The summed E-state index contributed by atoms with van der Waals surface area (Å²) in [7, 11) is 1.70. The van der Waals surface area contributed by atoms with E-state index in [0.29, 0.717) is 31.7 Å². The Balaban J connectivity index is 1.75. The SMILES string of the molecule is CCC/C=C(\CCCNc1ccc(C#N)cn1)N(C(=O)NCc1ccccc1)c1ccc(CCOC)cc1. The molecule has 0 aliphatic rings. The zero-order valence-corrected chi connectivity index (χ0v) is 22.3. The van der Waals surface area contributed by atoms with Gasteiger partial charge in [-0.1, -0.05) is 61.9 Å². The number of pyridine rings is 1. The van der Waals surface area contributed by atoms with Crippen molar-refractivity contribution in [3.05, 3.63) is 101 Å². The van der Waals surface area contributed by atoms with Gasteiger partial charge in [-0.3, -0.25) is 4.90 Å². The Labute approximate surface area is 226 Å². The number of carbonyl (C=O) groups is 1. The molecule has 7 nitrogen and oxygen atoms in total. The van der Waals surface area contributed by atoms with Gasteiger partial charge in [-0.2, -0.15) is 5.26 Å². The van der Waals surface area contributed by atoms with Gasteiger partial charge in [0, 0.05) is 32.1 Å². The fraction of sp³-hybridized carbons (Fsp3) is 0.323. The van der Waals surface area contributed by atoms with E-state index in [9.17, 15) is 4.79 Å². The quantitative estimate of drug-likeness (QED) is 0.243. The van der Waals surface area contributed by atoms with Gasteiger partial charge in [-0.25, -0.2) is 9.78 Å². The van der Waals surface area contributed by atoms with E-state index < -0.39 is 0 Å². The summed E-state index contributed by atoms with van der Waals surface area (Å²) in [6.07, 6.45) is 7.95. The van der Waals surface area contributed by atoms with E-state index in [1.54, 1.807) is 30.3 Å². The van der Waals surface area contributed by atoms with E-state index in [1.807, 2.05) is 42.5 Å². The van der Waals surface area contributed by atoms with Crippen LogP contribution in [0.15, 0.2) is 84.7 Å². The molecule has 0 atom stereocenters. The van der Waals surface area contributed by atoms with Crippen LogP contribution in [0.5, 0.6) is 0 Å². The molecule has 2 amide bonds.